The van der Waals surface area contributed by atoms with Crippen LogP contribution in [0.1, 0.15) is 61.1 Å². The summed E-state index contributed by atoms with van der Waals surface area (Å²) in [5.74, 6) is 0.761. The maximum Gasteiger partial charge on any atom is 0.253 e. The lowest BCUT2D eigenvalue weighted by molar-refractivity contribution is 0.0925. The van der Waals surface area contributed by atoms with Crippen LogP contribution in [-0.2, 0) is 6.42 Å². The van der Waals surface area contributed by atoms with Gasteiger partial charge < -0.3 is 5.32 Å². The number of pyridine rings is 1. The van der Waals surface area contributed by atoms with Crippen LogP contribution >= 0.6 is 0 Å². The molecule has 0 saturated carbocycles. The van der Waals surface area contributed by atoms with E-state index in [0.717, 1.165) is 12.0 Å². The number of rotatable bonds is 8. The van der Waals surface area contributed by atoms with Gasteiger partial charge in [0.15, 0.2) is 5.82 Å². The first kappa shape index (κ1) is 19.7. The summed E-state index contributed by atoms with van der Waals surface area (Å²) < 4.78 is 1.55. The number of benzene rings is 1. The second-order valence-corrected chi connectivity index (χ2v) is 7.29. The molecule has 3 aromatic rings. The van der Waals surface area contributed by atoms with Gasteiger partial charge in [-0.1, -0.05) is 51.5 Å². The number of carbonyl (C=O) groups is 1. The van der Waals surface area contributed by atoms with E-state index >= 15 is 0 Å². The highest BCUT2D eigenvalue weighted by atomic mass is 16.1. The van der Waals surface area contributed by atoms with Crippen LogP contribution in [0.15, 0.2) is 55.2 Å². The smallest absolute Gasteiger partial charge is 0.253 e. The molecule has 2 heterocycles. The minimum Gasteiger partial charge on any atom is -0.345 e. The molecule has 1 unspecified atom stereocenters. The molecule has 1 atom stereocenters. The molecule has 0 bridgehead atoms. The first-order chi connectivity index (χ1) is 13.6. The Morgan fingerprint density at radius 1 is 1.14 bits per heavy atom. The minimum absolute atomic E-state index is 0.0530. The number of carbonyl (C=O) groups excluding carboxylic acids is 1. The van der Waals surface area contributed by atoms with E-state index < -0.39 is 0 Å². The van der Waals surface area contributed by atoms with Gasteiger partial charge in [0.05, 0.1) is 11.6 Å². The van der Waals surface area contributed by atoms with Gasteiger partial charge in [-0.2, -0.15) is 5.10 Å². The van der Waals surface area contributed by atoms with Crippen molar-refractivity contribution in [2.24, 2.45) is 5.92 Å². The van der Waals surface area contributed by atoms with Crippen molar-refractivity contribution in [3.63, 3.8) is 0 Å². The number of hydrogen-bond acceptors (Lipinski definition) is 4. The zero-order valence-electron chi connectivity index (χ0n) is 16.7. The Labute approximate surface area is 166 Å². The van der Waals surface area contributed by atoms with Gasteiger partial charge in [0.2, 0.25) is 0 Å². The van der Waals surface area contributed by atoms with Crippen molar-refractivity contribution in [2.75, 3.05) is 0 Å². The van der Waals surface area contributed by atoms with Crippen LogP contribution in [0.2, 0.25) is 0 Å². The molecular formula is C22H27N5O. The van der Waals surface area contributed by atoms with Gasteiger partial charge in [-0.3, -0.25) is 4.79 Å². The Morgan fingerprint density at radius 3 is 2.50 bits per heavy atom. The zero-order chi connectivity index (χ0) is 19.9. The van der Waals surface area contributed by atoms with Crippen molar-refractivity contribution in [1.82, 2.24) is 25.1 Å². The highest BCUT2D eigenvalue weighted by Gasteiger charge is 2.19. The molecule has 1 N–H and O–H groups in total. The SMILES string of the molecule is CCCCc1ccc(C(NC(=O)c2ccc(-n3cncn3)nc2)C(C)C)cc1. The molecular weight excluding hydrogens is 350 g/mol. The number of amides is 1. The second kappa shape index (κ2) is 9.26. The highest BCUT2D eigenvalue weighted by molar-refractivity contribution is 5.94. The van der Waals surface area contributed by atoms with Crippen LogP contribution in [0.5, 0.6) is 0 Å². The Balaban J connectivity index is 1.70. The monoisotopic (exact) mass is 377 g/mol. The molecule has 0 spiro atoms. The standard InChI is InChI=1S/C22H27N5O/c1-4-5-6-17-7-9-18(10-8-17)21(16(2)3)26-22(28)19-11-12-20(24-13-19)27-15-23-14-25-27/h7-16,21H,4-6H2,1-3H3,(H,26,28). The minimum atomic E-state index is -0.133. The Kier molecular flexibility index (Phi) is 6.53. The van der Waals surface area contributed by atoms with Gasteiger partial charge in [0.25, 0.3) is 5.91 Å². The van der Waals surface area contributed by atoms with Crippen molar-refractivity contribution >= 4 is 5.91 Å². The molecule has 2 aromatic heterocycles. The van der Waals surface area contributed by atoms with Crippen LogP contribution in [0.25, 0.3) is 5.82 Å². The van der Waals surface area contributed by atoms with E-state index in [1.54, 1.807) is 29.3 Å². The first-order valence-corrected chi connectivity index (χ1v) is 9.79. The topological polar surface area (TPSA) is 72.7 Å². The molecule has 0 fully saturated rings. The van der Waals surface area contributed by atoms with Gasteiger partial charge in [0, 0.05) is 6.20 Å². The summed E-state index contributed by atoms with van der Waals surface area (Å²) in [6.07, 6.45) is 8.07. The summed E-state index contributed by atoms with van der Waals surface area (Å²) in [5, 5.41) is 7.19. The summed E-state index contributed by atoms with van der Waals surface area (Å²) >= 11 is 0. The molecule has 3 rings (SSSR count). The van der Waals surface area contributed by atoms with E-state index in [1.807, 2.05) is 0 Å². The van der Waals surface area contributed by atoms with E-state index in [2.05, 4.69) is 65.4 Å². The normalized spacial score (nSPS) is 12.1. The van der Waals surface area contributed by atoms with E-state index in [9.17, 15) is 4.79 Å². The molecule has 0 radical (unpaired) electrons. The summed E-state index contributed by atoms with van der Waals surface area (Å²) in [7, 11) is 0. The van der Waals surface area contributed by atoms with Crippen molar-refractivity contribution in [3.05, 3.63) is 71.9 Å². The summed E-state index contributed by atoms with van der Waals surface area (Å²) in [6, 6.07) is 12.1. The van der Waals surface area contributed by atoms with E-state index in [-0.39, 0.29) is 17.9 Å². The van der Waals surface area contributed by atoms with Crippen LogP contribution in [0, 0.1) is 5.92 Å². The van der Waals surface area contributed by atoms with Crippen molar-refractivity contribution in [2.45, 2.75) is 46.1 Å². The van der Waals surface area contributed by atoms with Crippen molar-refractivity contribution in [1.29, 1.82) is 0 Å². The molecule has 0 saturated heterocycles. The summed E-state index contributed by atoms with van der Waals surface area (Å²) in [6.45, 7) is 6.43. The van der Waals surface area contributed by atoms with Gasteiger partial charge >= 0.3 is 0 Å². The third kappa shape index (κ3) is 4.82. The third-order valence-corrected chi connectivity index (χ3v) is 4.77. The summed E-state index contributed by atoms with van der Waals surface area (Å²) in [4.78, 5) is 21.0. The Bertz CT molecular complexity index is 870. The molecule has 0 aliphatic heterocycles. The molecule has 28 heavy (non-hydrogen) atoms. The largest absolute Gasteiger partial charge is 0.345 e. The molecule has 6 heteroatoms. The van der Waals surface area contributed by atoms with Crippen molar-refractivity contribution < 1.29 is 4.79 Å². The second-order valence-electron chi connectivity index (χ2n) is 7.29. The van der Waals surface area contributed by atoms with Crippen LogP contribution in [0.3, 0.4) is 0 Å². The predicted octanol–water partition coefficient (Wildman–Crippen LogP) is 4.13. The third-order valence-electron chi connectivity index (χ3n) is 4.77. The van der Waals surface area contributed by atoms with Crippen molar-refractivity contribution in [3.8, 4) is 5.82 Å². The quantitative estimate of drug-likeness (QED) is 0.640. The fourth-order valence-corrected chi connectivity index (χ4v) is 3.11. The Morgan fingerprint density at radius 2 is 1.93 bits per heavy atom. The number of aromatic nitrogens is 4. The van der Waals surface area contributed by atoms with Gasteiger partial charge in [-0.25, -0.2) is 14.6 Å². The lowest BCUT2D eigenvalue weighted by Crippen LogP contribution is -2.31. The average molecular weight is 377 g/mol. The number of hydrogen-bond donors (Lipinski definition) is 1. The molecule has 6 nitrogen and oxygen atoms in total. The van der Waals surface area contributed by atoms with Gasteiger partial charge in [-0.05, 0) is 42.0 Å². The number of nitrogens with one attached hydrogen (secondary N) is 1. The lowest BCUT2D eigenvalue weighted by atomic mass is 9.94. The predicted molar refractivity (Wildman–Crippen MR) is 109 cm³/mol. The van der Waals surface area contributed by atoms with E-state index in [4.69, 9.17) is 0 Å². The van der Waals surface area contributed by atoms with Crippen LogP contribution < -0.4 is 5.32 Å². The maximum absolute atomic E-state index is 12.8. The molecule has 0 aliphatic rings. The zero-order valence-corrected chi connectivity index (χ0v) is 16.7. The fourth-order valence-electron chi connectivity index (χ4n) is 3.11. The Hall–Kier alpha value is -3.02. The van der Waals surface area contributed by atoms with E-state index in [0.29, 0.717) is 11.4 Å². The average Bonchev–Trinajstić information content (AvgIpc) is 3.25. The molecule has 1 amide bonds. The molecule has 1 aromatic carbocycles. The number of unbranched alkanes of at least 4 members (excludes halogenated alkanes) is 1. The number of aryl methyl sites for hydroxylation is 1. The number of nitrogens with zero attached hydrogens (tertiary/aromatic N) is 4. The lowest BCUT2D eigenvalue weighted by Gasteiger charge is -2.23. The van der Waals surface area contributed by atoms with E-state index in [1.165, 1.54) is 24.7 Å². The molecule has 146 valence electrons. The van der Waals surface area contributed by atoms with Crippen LogP contribution in [-0.4, -0.2) is 25.7 Å². The van der Waals surface area contributed by atoms with Crippen LogP contribution in [0.4, 0.5) is 0 Å². The molecule has 0 aliphatic carbocycles. The van der Waals surface area contributed by atoms with Gasteiger partial charge in [0.1, 0.15) is 12.7 Å². The highest BCUT2D eigenvalue weighted by Crippen LogP contribution is 2.23. The summed E-state index contributed by atoms with van der Waals surface area (Å²) in [5.41, 5.74) is 2.98. The maximum atomic E-state index is 12.8. The fraction of sp³-hybridized carbons (Fsp3) is 0.364. The van der Waals surface area contributed by atoms with Gasteiger partial charge in [-0.15, -0.1) is 0 Å². The first-order valence-electron chi connectivity index (χ1n) is 9.79.